The second-order valence-electron chi connectivity index (χ2n) is 5.24. The van der Waals surface area contributed by atoms with Crippen molar-refractivity contribution in [2.24, 2.45) is 5.10 Å². The third kappa shape index (κ3) is 5.32. The van der Waals surface area contributed by atoms with Crippen LogP contribution in [0.2, 0.25) is 0 Å². The molecule has 4 nitrogen and oxygen atoms in total. The normalized spacial score (nSPS) is 14.3. The van der Waals surface area contributed by atoms with Crippen molar-refractivity contribution in [3.63, 3.8) is 0 Å². The molecule has 0 atom stereocenters. The van der Waals surface area contributed by atoms with Gasteiger partial charge in [0.1, 0.15) is 11.9 Å². The van der Waals surface area contributed by atoms with E-state index in [1.54, 1.807) is 6.21 Å². The summed E-state index contributed by atoms with van der Waals surface area (Å²) in [6, 6.07) is 17.5. The number of nitrogens with one attached hydrogen (secondary N) is 1. The molecule has 1 saturated heterocycles. The average Bonchev–Trinajstić information content (AvgIpc) is 2.58. The molecular weight excluding hydrogens is 340 g/mol. The van der Waals surface area contributed by atoms with Crippen LogP contribution in [0.5, 0.6) is 5.75 Å². The van der Waals surface area contributed by atoms with Gasteiger partial charge in [-0.25, -0.2) is 5.43 Å². The first-order chi connectivity index (χ1) is 11.8. The summed E-state index contributed by atoms with van der Waals surface area (Å²) in [4.78, 5) is 12.9. The van der Waals surface area contributed by atoms with Gasteiger partial charge in [-0.15, -0.1) is 11.8 Å². The van der Waals surface area contributed by atoms with E-state index in [-0.39, 0.29) is 5.91 Å². The highest BCUT2D eigenvalue weighted by Crippen LogP contribution is 2.24. The minimum absolute atomic E-state index is 0.126. The van der Waals surface area contributed by atoms with Crippen LogP contribution < -0.4 is 10.2 Å². The number of hydrogen-bond donors (Lipinski definition) is 1. The summed E-state index contributed by atoms with van der Waals surface area (Å²) in [7, 11) is 0. The second kappa shape index (κ2) is 8.80. The smallest absolute Gasteiger partial charge is 0.250 e. The number of benzene rings is 2. The molecule has 0 aromatic heterocycles. The van der Waals surface area contributed by atoms with Gasteiger partial charge in [0.2, 0.25) is 5.91 Å². The van der Waals surface area contributed by atoms with Gasteiger partial charge < -0.3 is 4.74 Å². The van der Waals surface area contributed by atoms with E-state index >= 15 is 0 Å². The Bertz CT molecular complexity index is 703. The highest BCUT2D eigenvalue weighted by molar-refractivity contribution is 8.00. The van der Waals surface area contributed by atoms with Crippen molar-refractivity contribution in [1.82, 2.24) is 5.43 Å². The molecule has 1 N–H and O–H groups in total. The predicted octanol–water partition coefficient (Wildman–Crippen LogP) is 3.42. The van der Waals surface area contributed by atoms with Crippen molar-refractivity contribution in [2.75, 3.05) is 17.3 Å². The van der Waals surface area contributed by atoms with Crippen molar-refractivity contribution in [3.05, 3.63) is 60.2 Å². The lowest BCUT2D eigenvalue weighted by Crippen LogP contribution is -2.31. The monoisotopic (exact) mass is 358 g/mol. The minimum atomic E-state index is -0.126. The number of hydrogen-bond acceptors (Lipinski definition) is 5. The van der Waals surface area contributed by atoms with Gasteiger partial charge in [0, 0.05) is 16.4 Å². The van der Waals surface area contributed by atoms with Crippen LogP contribution in [0.4, 0.5) is 0 Å². The molecule has 0 saturated carbocycles. The number of hydrazone groups is 1. The standard InChI is InChI=1S/C18H18N2O2S2/c21-18(13-24-17-7-2-1-3-8-17)20-19-10-14-5-4-6-15(9-14)22-16-11-23-12-16/h1-10,16H,11-13H2,(H,20,21)/b19-10-. The Morgan fingerprint density at radius 2 is 2.08 bits per heavy atom. The first-order valence-electron chi connectivity index (χ1n) is 7.64. The van der Waals surface area contributed by atoms with Crippen LogP contribution in [-0.2, 0) is 4.79 Å². The van der Waals surface area contributed by atoms with E-state index in [1.807, 2.05) is 66.4 Å². The predicted molar refractivity (Wildman–Crippen MR) is 101 cm³/mol. The summed E-state index contributed by atoms with van der Waals surface area (Å²) >= 11 is 3.37. The third-order valence-corrected chi connectivity index (χ3v) is 5.51. The van der Waals surface area contributed by atoms with Gasteiger partial charge in [-0.2, -0.15) is 16.9 Å². The van der Waals surface area contributed by atoms with Crippen molar-refractivity contribution in [1.29, 1.82) is 0 Å². The molecule has 3 rings (SSSR count). The molecule has 1 heterocycles. The molecule has 0 unspecified atom stereocenters. The van der Waals surface area contributed by atoms with E-state index in [4.69, 9.17) is 4.74 Å². The topological polar surface area (TPSA) is 50.7 Å². The summed E-state index contributed by atoms with van der Waals surface area (Å²) in [5.74, 6) is 3.15. The van der Waals surface area contributed by atoms with Crippen molar-refractivity contribution in [2.45, 2.75) is 11.0 Å². The molecule has 24 heavy (non-hydrogen) atoms. The fourth-order valence-corrected chi connectivity index (χ4v) is 3.30. The average molecular weight is 358 g/mol. The van der Waals surface area contributed by atoms with E-state index < -0.39 is 0 Å². The first-order valence-corrected chi connectivity index (χ1v) is 9.78. The Hall–Kier alpha value is -1.92. The van der Waals surface area contributed by atoms with Crippen molar-refractivity contribution >= 4 is 35.6 Å². The fourth-order valence-electron chi connectivity index (χ4n) is 2.02. The number of carbonyl (C=O) groups excluding carboxylic acids is 1. The highest BCUT2D eigenvalue weighted by atomic mass is 32.2. The number of amides is 1. The van der Waals surface area contributed by atoms with E-state index in [0.29, 0.717) is 11.9 Å². The first kappa shape index (κ1) is 16.9. The Morgan fingerprint density at radius 3 is 2.83 bits per heavy atom. The molecule has 1 fully saturated rings. The Kier molecular flexibility index (Phi) is 6.20. The Balaban J connectivity index is 1.45. The summed E-state index contributed by atoms with van der Waals surface area (Å²) in [5, 5.41) is 4.01. The van der Waals surface area contributed by atoms with E-state index in [9.17, 15) is 4.79 Å². The molecule has 2 aromatic rings. The fraction of sp³-hybridized carbons (Fsp3) is 0.222. The molecular formula is C18H18N2O2S2. The lowest BCUT2D eigenvalue weighted by Gasteiger charge is -2.25. The number of thioether (sulfide) groups is 2. The van der Waals surface area contributed by atoms with Gasteiger partial charge in [-0.1, -0.05) is 30.3 Å². The van der Waals surface area contributed by atoms with Gasteiger partial charge in [0.25, 0.3) is 0 Å². The maximum Gasteiger partial charge on any atom is 0.250 e. The van der Waals surface area contributed by atoms with Crippen LogP contribution in [0.1, 0.15) is 5.56 Å². The minimum Gasteiger partial charge on any atom is -0.489 e. The van der Waals surface area contributed by atoms with Crippen LogP contribution in [0.3, 0.4) is 0 Å². The van der Waals surface area contributed by atoms with Gasteiger partial charge >= 0.3 is 0 Å². The maximum absolute atomic E-state index is 11.8. The van der Waals surface area contributed by atoms with E-state index in [1.165, 1.54) is 11.8 Å². The number of carbonyl (C=O) groups is 1. The summed E-state index contributed by atoms with van der Waals surface area (Å²) in [6.07, 6.45) is 1.95. The van der Waals surface area contributed by atoms with Crippen LogP contribution in [0.15, 0.2) is 64.6 Å². The number of ether oxygens (including phenoxy) is 1. The van der Waals surface area contributed by atoms with Crippen molar-refractivity contribution in [3.8, 4) is 5.75 Å². The second-order valence-corrected chi connectivity index (χ2v) is 7.37. The molecule has 0 bridgehead atoms. The molecule has 0 spiro atoms. The summed E-state index contributed by atoms with van der Waals surface area (Å²) in [5.41, 5.74) is 3.45. The number of nitrogens with zero attached hydrogens (tertiary/aromatic N) is 1. The van der Waals surface area contributed by atoms with Gasteiger partial charge in [-0.05, 0) is 29.8 Å². The molecule has 1 aliphatic heterocycles. The van der Waals surface area contributed by atoms with E-state index in [0.717, 1.165) is 27.7 Å². The lowest BCUT2D eigenvalue weighted by molar-refractivity contribution is -0.118. The molecule has 6 heteroatoms. The molecule has 1 aliphatic rings. The van der Waals surface area contributed by atoms with Gasteiger partial charge in [0.15, 0.2) is 0 Å². The highest BCUT2D eigenvalue weighted by Gasteiger charge is 2.19. The molecule has 0 aliphatic carbocycles. The maximum atomic E-state index is 11.8. The van der Waals surface area contributed by atoms with Gasteiger partial charge in [0.05, 0.1) is 12.0 Å². The zero-order valence-electron chi connectivity index (χ0n) is 13.1. The SMILES string of the molecule is O=C(CSc1ccccc1)N/N=C\c1cccc(OC2CSC2)c1. The van der Waals surface area contributed by atoms with Crippen LogP contribution in [-0.4, -0.2) is 35.5 Å². The Morgan fingerprint density at radius 1 is 1.25 bits per heavy atom. The molecule has 0 radical (unpaired) electrons. The third-order valence-electron chi connectivity index (χ3n) is 3.28. The van der Waals surface area contributed by atoms with Crippen molar-refractivity contribution < 1.29 is 9.53 Å². The quantitative estimate of drug-likeness (QED) is 0.468. The molecule has 124 valence electrons. The molecule has 1 amide bonds. The zero-order chi connectivity index (χ0) is 16.6. The summed E-state index contributed by atoms with van der Waals surface area (Å²) < 4.78 is 5.83. The Labute approximate surface area is 150 Å². The molecule has 2 aromatic carbocycles. The number of rotatable bonds is 7. The van der Waals surface area contributed by atoms with Crippen LogP contribution in [0, 0.1) is 0 Å². The van der Waals surface area contributed by atoms with Crippen LogP contribution in [0.25, 0.3) is 0 Å². The lowest BCUT2D eigenvalue weighted by atomic mass is 10.2. The zero-order valence-corrected chi connectivity index (χ0v) is 14.7. The van der Waals surface area contributed by atoms with Gasteiger partial charge in [-0.3, -0.25) is 4.79 Å². The van der Waals surface area contributed by atoms with E-state index in [2.05, 4.69) is 10.5 Å². The van der Waals surface area contributed by atoms with Crippen LogP contribution >= 0.6 is 23.5 Å². The largest absolute Gasteiger partial charge is 0.489 e. The summed E-state index contributed by atoms with van der Waals surface area (Å²) in [6.45, 7) is 0.